The topological polar surface area (TPSA) is 51.0 Å². The van der Waals surface area contributed by atoms with E-state index in [0.29, 0.717) is 0 Å². The van der Waals surface area contributed by atoms with Gasteiger partial charge in [0.2, 0.25) is 0 Å². The normalized spacial score (nSPS) is 16.4. The van der Waals surface area contributed by atoms with Crippen LogP contribution in [-0.2, 0) is 19.3 Å². The van der Waals surface area contributed by atoms with Crippen LogP contribution in [0.25, 0.3) is 11.4 Å². The number of alkyl halides is 3. The van der Waals surface area contributed by atoms with Gasteiger partial charge in [-0.05, 0) is 31.2 Å². The van der Waals surface area contributed by atoms with Gasteiger partial charge in [0.15, 0.2) is 23.3 Å². The highest BCUT2D eigenvalue weighted by Gasteiger charge is 2.37. The van der Waals surface area contributed by atoms with E-state index < -0.39 is 40.3 Å². The highest BCUT2D eigenvalue weighted by atomic mass is 35.5. The molecule has 0 fully saturated rings. The van der Waals surface area contributed by atoms with Crippen LogP contribution in [0.15, 0.2) is 36.4 Å². The van der Waals surface area contributed by atoms with Crippen molar-refractivity contribution < 1.29 is 26.7 Å². The fraction of sp³-hybridized carbons (Fsp3) is 0.250. The lowest BCUT2D eigenvalue weighted by Crippen LogP contribution is -2.45. The number of rotatable bonds is 2. The second-order valence-corrected chi connectivity index (χ2v) is 7.48. The molecule has 0 spiro atoms. The maximum atomic E-state index is 14.2. The fourth-order valence-electron chi connectivity index (χ4n) is 3.53. The van der Waals surface area contributed by atoms with Crippen LogP contribution in [0.2, 0.25) is 5.02 Å². The van der Waals surface area contributed by atoms with E-state index in [4.69, 9.17) is 11.6 Å². The Labute approximate surface area is 178 Å². The highest BCUT2D eigenvalue weighted by Crippen LogP contribution is 2.37. The monoisotopic (exact) mass is 456 g/mol. The Balaban J connectivity index is 1.68. The summed E-state index contributed by atoms with van der Waals surface area (Å²) in [6, 6.07) is 6.32. The van der Waals surface area contributed by atoms with Gasteiger partial charge in [-0.1, -0.05) is 23.7 Å². The average Bonchev–Trinajstić information content (AvgIpc) is 3.10. The number of hydrogen-bond acceptors (Lipinski definition) is 3. The minimum absolute atomic E-state index is 0.0772. The summed E-state index contributed by atoms with van der Waals surface area (Å²) in [6.45, 7) is 1.72. The molecular formula is C20H14ClF5N4O. The lowest BCUT2D eigenvalue weighted by molar-refractivity contribution is -0.137. The van der Waals surface area contributed by atoms with Crippen LogP contribution in [0.3, 0.4) is 0 Å². The number of carbonyl (C=O) groups is 1. The predicted molar refractivity (Wildman–Crippen MR) is 101 cm³/mol. The number of benzene rings is 2. The van der Waals surface area contributed by atoms with E-state index in [1.165, 1.54) is 23.1 Å². The quantitative estimate of drug-likeness (QED) is 0.513. The summed E-state index contributed by atoms with van der Waals surface area (Å²) in [4.78, 5) is 14.3. The first-order valence-corrected chi connectivity index (χ1v) is 9.50. The molecule has 2 aromatic carbocycles. The van der Waals surface area contributed by atoms with E-state index in [2.05, 4.69) is 10.2 Å². The molecule has 5 nitrogen and oxygen atoms in total. The smallest absolute Gasteiger partial charge is 0.327 e. The van der Waals surface area contributed by atoms with E-state index in [-0.39, 0.29) is 35.9 Å². The van der Waals surface area contributed by atoms with Crippen LogP contribution in [-0.4, -0.2) is 31.6 Å². The summed E-state index contributed by atoms with van der Waals surface area (Å²) in [5.74, 6) is -2.41. The molecule has 11 heteroatoms. The molecule has 0 saturated heterocycles. The fourth-order valence-corrected chi connectivity index (χ4v) is 3.85. The molecule has 0 radical (unpaired) electrons. The van der Waals surface area contributed by atoms with Crippen molar-refractivity contribution in [2.24, 2.45) is 0 Å². The molecule has 162 valence electrons. The van der Waals surface area contributed by atoms with Crippen molar-refractivity contribution in [3.05, 3.63) is 70.0 Å². The Kier molecular flexibility index (Phi) is 5.20. The van der Waals surface area contributed by atoms with Crippen LogP contribution in [0.1, 0.15) is 28.7 Å². The van der Waals surface area contributed by atoms with Crippen molar-refractivity contribution in [3.8, 4) is 11.4 Å². The average molecular weight is 457 g/mol. The second-order valence-electron chi connectivity index (χ2n) is 7.10. The summed E-state index contributed by atoms with van der Waals surface area (Å²) >= 11 is 5.89. The third-order valence-corrected chi connectivity index (χ3v) is 5.51. The minimum Gasteiger partial charge on any atom is -0.327 e. The summed E-state index contributed by atoms with van der Waals surface area (Å²) in [7, 11) is 0. The van der Waals surface area contributed by atoms with Gasteiger partial charge in [-0.15, -0.1) is 10.2 Å². The summed E-state index contributed by atoms with van der Waals surface area (Å²) in [6.07, 6.45) is -4.70. The van der Waals surface area contributed by atoms with Gasteiger partial charge in [-0.25, -0.2) is 8.78 Å². The van der Waals surface area contributed by atoms with Crippen LogP contribution < -0.4 is 0 Å². The molecule has 1 aliphatic rings. The van der Waals surface area contributed by atoms with Crippen molar-refractivity contribution >= 4 is 17.5 Å². The van der Waals surface area contributed by atoms with E-state index in [9.17, 15) is 26.7 Å². The molecule has 3 aromatic rings. The Morgan fingerprint density at radius 2 is 1.84 bits per heavy atom. The number of halogens is 6. The number of fused-ring (bicyclic) bond motifs is 1. The molecule has 31 heavy (non-hydrogen) atoms. The Morgan fingerprint density at radius 1 is 1.13 bits per heavy atom. The number of aromatic nitrogens is 3. The molecule has 2 heterocycles. The number of carbonyl (C=O) groups excluding carboxylic acids is 1. The van der Waals surface area contributed by atoms with E-state index in [0.717, 1.165) is 18.2 Å². The first kappa shape index (κ1) is 21.2. The molecular weight excluding hydrogens is 443 g/mol. The van der Waals surface area contributed by atoms with Gasteiger partial charge in [-0.2, -0.15) is 13.2 Å². The second kappa shape index (κ2) is 7.60. The molecule has 1 unspecified atom stereocenters. The van der Waals surface area contributed by atoms with Crippen molar-refractivity contribution in [2.45, 2.75) is 32.2 Å². The van der Waals surface area contributed by atoms with E-state index in [1.54, 1.807) is 11.5 Å². The summed E-state index contributed by atoms with van der Waals surface area (Å²) < 4.78 is 68.8. The van der Waals surface area contributed by atoms with E-state index in [1.807, 2.05) is 0 Å². The molecule has 1 aliphatic heterocycles. The zero-order valence-corrected chi connectivity index (χ0v) is 16.7. The molecule has 1 amide bonds. The zero-order chi connectivity index (χ0) is 22.5. The predicted octanol–water partition coefficient (Wildman–Crippen LogP) is 4.94. The van der Waals surface area contributed by atoms with Gasteiger partial charge in [0.05, 0.1) is 28.3 Å². The van der Waals surface area contributed by atoms with Crippen molar-refractivity contribution in [1.29, 1.82) is 0 Å². The molecule has 0 N–H and O–H groups in total. The minimum atomic E-state index is -4.70. The third kappa shape index (κ3) is 3.65. The molecule has 1 aromatic heterocycles. The molecule has 0 aliphatic carbocycles. The van der Waals surface area contributed by atoms with Crippen molar-refractivity contribution in [3.63, 3.8) is 0 Å². The largest absolute Gasteiger partial charge is 0.417 e. The van der Waals surface area contributed by atoms with Gasteiger partial charge >= 0.3 is 6.18 Å². The first-order chi connectivity index (χ1) is 14.6. The maximum Gasteiger partial charge on any atom is 0.417 e. The van der Waals surface area contributed by atoms with Crippen molar-refractivity contribution in [2.75, 3.05) is 0 Å². The SMILES string of the molecule is CC1Cn2c(nnc2-c2cccc(F)c2F)CN1C(=O)c1cccc(C(F)(F)F)c1Cl. The van der Waals surface area contributed by atoms with Gasteiger partial charge < -0.3 is 9.47 Å². The maximum absolute atomic E-state index is 14.2. The zero-order valence-electron chi connectivity index (χ0n) is 15.9. The molecule has 0 saturated carbocycles. The lowest BCUT2D eigenvalue weighted by Gasteiger charge is -2.34. The lowest BCUT2D eigenvalue weighted by atomic mass is 10.1. The van der Waals surface area contributed by atoms with Crippen LogP contribution >= 0.6 is 11.6 Å². The third-order valence-electron chi connectivity index (χ3n) is 5.11. The van der Waals surface area contributed by atoms with Crippen LogP contribution in [0.4, 0.5) is 22.0 Å². The highest BCUT2D eigenvalue weighted by molar-refractivity contribution is 6.34. The van der Waals surface area contributed by atoms with Crippen molar-refractivity contribution in [1.82, 2.24) is 19.7 Å². The molecule has 0 bridgehead atoms. The van der Waals surface area contributed by atoms with E-state index >= 15 is 0 Å². The first-order valence-electron chi connectivity index (χ1n) is 9.12. The Morgan fingerprint density at radius 3 is 2.55 bits per heavy atom. The number of nitrogens with zero attached hydrogens (tertiary/aromatic N) is 4. The molecule has 1 atom stereocenters. The van der Waals surface area contributed by atoms with Crippen LogP contribution in [0.5, 0.6) is 0 Å². The van der Waals surface area contributed by atoms with Gasteiger partial charge in [0.25, 0.3) is 5.91 Å². The number of amides is 1. The Hall–Kier alpha value is -3.01. The van der Waals surface area contributed by atoms with Gasteiger partial charge in [-0.3, -0.25) is 4.79 Å². The number of hydrogen-bond donors (Lipinski definition) is 0. The summed E-state index contributed by atoms with van der Waals surface area (Å²) in [5, 5.41) is 7.21. The standard InChI is InChI=1S/C20H14ClF5N4O/c1-10-8-30-15(27-28-18(30)12-5-3-7-14(22)17(12)23)9-29(10)19(31)11-4-2-6-13(16(11)21)20(24,25)26/h2-7,10H,8-9H2,1H3. The van der Waals surface area contributed by atoms with Gasteiger partial charge in [0.1, 0.15) is 0 Å². The molecule has 4 rings (SSSR count). The Bertz CT molecular complexity index is 1180. The summed E-state index contributed by atoms with van der Waals surface area (Å²) in [5.41, 5.74) is -1.46. The van der Waals surface area contributed by atoms with Crippen LogP contribution in [0, 0.1) is 11.6 Å². The van der Waals surface area contributed by atoms with Gasteiger partial charge in [0, 0.05) is 12.6 Å².